The van der Waals surface area contributed by atoms with Gasteiger partial charge in [-0.15, -0.1) is 0 Å². The first-order valence-electron chi connectivity index (χ1n) is 5.20. The summed E-state index contributed by atoms with van der Waals surface area (Å²) in [4.78, 5) is 11.1. The molecule has 0 N–H and O–H groups in total. The van der Waals surface area contributed by atoms with Gasteiger partial charge >= 0.3 is 12.3 Å². The van der Waals surface area contributed by atoms with Crippen LogP contribution in [0.15, 0.2) is 18.2 Å². The fraction of sp³-hybridized carbons (Fsp3) is 0.417. The first kappa shape index (κ1) is 13.3. The molecule has 1 rings (SSSR count). The standard InChI is InChI=1S/C12H15FO4/c1-4-16-12(14)11(13)17-9-6-5-8(2)7-10(9)15-3/h5-7,11H,4H2,1-3H3. The quantitative estimate of drug-likeness (QED) is 0.743. The predicted octanol–water partition coefficient (Wildman–Crippen LogP) is 2.24. The Balaban J connectivity index is 2.77. The molecule has 0 saturated heterocycles. The summed E-state index contributed by atoms with van der Waals surface area (Å²) in [6.07, 6.45) is -2.15. The van der Waals surface area contributed by atoms with Crippen LogP contribution in [0, 0.1) is 6.92 Å². The molecule has 0 radical (unpaired) electrons. The molecule has 0 spiro atoms. The lowest BCUT2D eigenvalue weighted by atomic mass is 10.2. The van der Waals surface area contributed by atoms with Crippen LogP contribution >= 0.6 is 0 Å². The largest absolute Gasteiger partial charge is 0.493 e. The monoisotopic (exact) mass is 242 g/mol. The zero-order valence-corrected chi connectivity index (χ0v) is 10.0. The number of rotatable bonds is 5. The number of ether oxygens (including phenoxy) is 3. The van der Waals surface area contributed by atoms with E-state index in [0.29, 0.717) is 5.75 Å². The molecule has 4 nitrogen and oxygen atoms in total. The van der Waals surface area contributed by atoms with Gasteiger partial charge in [0.05, 0.1) is 13.7 Å². The maximum absolute atomic E-state index is 13.3. The second-order valence-electron chi connectivity index (χ2n) is 3.34. The van der Waals surface area contributed by atoms with Crippen molar-refractivity contribution in [3.63, 3.8) is 0 Å². The minimum Gasteiger partial charge on any atom is -0.493 e. The predicted molar refractivity (Wildman–Crippen MR) is 59.9 cm³/mol. The van der Waals surface area contributed by atoms with Crippen molar-refractivity contribution in [3.05, 3.63) is 23.8 Å². The average Bonchev–Trinajstić information content (AvgIpc) is 2.31. The molecule has 1 aromatic carbocycles. The van der Waals surface area contributed by atoms with Gasteiger partial charge in [-0.3, -0.25) is 0 Å². The van der Waals surface area contributed by atoms with Crippen LogP contribution in [0.1, 0.15) is 12.5 Å². The van der Waals surface area contributed by atoms with E-state index in [2.05, 4.69) is 4.74 Å². The molecule has 17 heavy (non-hydrogen) atoms. The van der Waals surface area contributed by atoms with E-state index in [1.54, 1.807) is 25.1 Å². The Morgan fingerprint density at radius 3 is 2.71 bits per heavy atom. The van der Waals surface area contributed by atoms with Gasteiger partial charge in [-0.1, -0.05) is 6.07 Å². The van der Waals surface area contributed by atoms with E-state index >= 15 is 0 Å². The number of esters is 1. The van der Waals surface area contributed by atoms with E-state index in [4.69, 9.17) is 9.47 Å². The minimum absolute atomic E-state index is 0.105. The van der Waals surface area contributed by atoms with Crippen molar-refractivity contribution in [3.8, 4) is 11.5 Å². The number of hydrogen-bond acceptors (Lipinski definition) is 4. The zero-order valence-electron chi connectivity index (χ0n) is 10.0. The highest BCUT2D eigenvalue weighted by Crippen LogP contribution is 2.28. The fourth-order valence-corrected chi connectivity index (χ4v) is 1.24. The van der Waals surface area contributed by atoms with Crippen LogP contribution in [-0.2, 0) is 9.53 Å². The summed E-state index contributed by atoms with van der Waals surface area (Å²) in [6, 6.07) is 4.96. The maximum atomic E-state index is 13.3. The fourth-order valence-electron chi connectivity index (χ4n) is 1.24. The third-order valence-electron chi connectivity index (χ3n) is 2.02. The summed E-state index contributed by atoms with van der Waals surface area (Å²) >= 11 is 0. The normalized spacial score (nSPS) is 11.8. The Morgan fingerprint density at radius 1 is 1.41 bits per heavy atom. The zero-order chi connectivity index (χ0) is 12.8. The smallest absolute Gasteiger partial charge is 0.381 e. The molecule has 0 amide bonds. The van der Waals surface area contributed by atoms with Gasteiger partial charge < -0.3 is 14.2 Å². The van der Waals surface area contributed by atoms with Gasteiger partial charge in [-0.25, -0.2) is 4.79 Å². The molecule has 0 heterocycles. The number of aryl methyl sites for hydroxylation is 1. The van der Waals surface area contributed by atoms with Crippen molar-refractivity contribution in [2.24, 2.45) is 0 Å². The molecule has 0 aromatic heterocycles. The number of alkyl halides is 1. The Hall–Kier alpha value is -1.78. The van der Waals surface area contributed by atoms with E-state index < -0.39 is 12.3 Å². The van der Waals surface area contributed by atoms with Crippen molar-refractivity contribution in [2.45, 2.75) is 20.2 Å². The van der Waals surface area contributed by atoms with E-state index in [-0.39, 0.29) is 12.4 Å². The Labute approximate surface area is 99.3 Å². The van der Waals surface area contributed by atoms with Gasteiger partial charge in [-0.05, 0) is 31.5 Å². The second-order valence-corrected chi connectivity index (χ2v) is 3.34. The highest BCUT2D eigenvalue weighted by molar-refractivity contribution is 5.73. The van der Waals surface area contributed by atoms with Crippen molar-refractivity contribution in [1.29, 1.82) is 0 Å². The molecule has 1 atom stereocenters. The Morgan fingerprint density at radius 2 is 2.12 bits per heavy atom. The molecule has 0 aliphatic heterocycles. The van der Waals surface area contributed by atoms with Crippen molar-refractivity contribution in [1.82, 2.24) is 0 Å². The van der Waals surface area contributed by atoms with E-state index in [1.165, 1.54) is 7.11 Å². The van der Waals surface area contributed by atoms with Crippen LogP contribution in [0.4, 0.5) is 4.39 Å². The summed E-state index contributed by atoms with van der Waals surface area (Å²) in [5, 5.41) is 0. The van der Waals surface area contributed by atoms with E-state index in [1.807, 2.05) is 6.92 Å². The third-order valence-corrected chi connectivity index (χ3v) is 2.02. The van der Waals surface area contributed by atoms with Crippen molar-refractivity contribution >= 4 is 5.97 Å². The van der Waals surface area contributed by atoms with Crippen LogP contribution in [0.25, 0.3) is 0 Å². The Bertz CT molecular complexity index is 392. The first-order chi connectivity index (χ1) is 8.08. The summed E-state index contributed by atoms with van der Waals surface area (Å²) in [7, 11) is 1.44. The van der Waals surface area contributed by atoms with Gasteiger partial charge in [0, 0.05) is 0 Å². The lowest BCUT2D eigenvalue weighted by molar-refractivity contribution is -0.159. The highest BCUT2D eigenvalue weighted by Gasteiger charge is 2.21. The van der Waals surface area contributed by atoms with Gasteiger partial charge in [0.25, 0.3) is 0 Å². The topological polar surface area (TPSA) is 44.8 Å². The number of carbonyl (C=O) groups excluding carboxylic acids is 1. The summed E-state index contributed by atoms with van der Waals surface area (Å²) in [6.45, 7) is 3.56. The first-order valence-corrected chi connectivity index (χ1v) is 5.20. The molecule has 0 bridgehead atoms. The number of methoxy groups -OCH3 is 1. The molecule has 0 saturated carbocycles. The van der Waals surface area contributed by atoms with Gasteiger partial charge in [0.2, 0.25) is 0 Å². The number of hydrogen-bond donors (Lipinski definition) is 0. The second kappa shape index (κ2) is 6.08. The van der Waals surface area contributed by atoms with Crippen LogP contribution < -0.4 is 9.47 Å². The molecule has 0 fully saturated rings. The summed E-state index contributed by atoms with van der Waals surface area (Å²) < 4.78 is 27.7. The van der Waals surface area contributed by atoms with Gasteiger partial charge in [0.1, 0.15) is 0 Å². The summed E-state index contributed by atoms with van der Waals surface area (Å²) in [5.74, 6) is -0.509. The van der Waals surface area contributed by atoms with E-state index in [0.717, 1.165) is 5.56 Å². The number of halogens is 1. The van der Waals surface area contributed by atoms with Crippen molar-refractivity contribution < 1.29 is 23.4 Å². The molecule has 0 aliphatic rings. The lowest BCUT2D eigenvalue weighted by Gasteiger charge is -2.13. The number of benzene rings is 1. The van der Waals surface area contributed by atoms with Crippen LogP contribution in [0.5, 0.6) is 11.5 Å². The van der Waals surface area contributed by atoms with Crippen molar-refractivity contribution in [2.75, 3.05) is 13.7 Å². The van der Waals surface area contributed by atoms with Crippen LogP contribution in [0.2, 0.25) is 0 Å². The molecule has 5 heteroatoms. The molecular formula is C12H15FO4. The molecule has 1 unspecified atom stereocenters. The molecule has 1 aromatic rings. The average molecular weight is 242 g/mol. The third kappa shape index (κ3) is 3.62. The van der Waals surface area contributed by atoms with E-state index in [9.17, 15) is 9.18 Å². The number of carbonyl (C=O) groups is 1. The van der Waals surface area contributed by atoms with Gasteiger partial charge in [-0.2, -0.15) is 4.39 Å². The molecule has 94 valence electrons. The lowest BCUT2D eigenvalue weighted by Crippen LogP contribution is -2.24. The SMILES string of the molecule is CCOC(=O)C(F)Oc1ccc(C)cc1OC. The molecular weight excluding hydrogens is 227 g/mol. The Kier molecular flexibility index (Phi) is 4.75. The highest BCUT2D eigenvalue weighted by atomic mass is 19.1. The maximum Gasteiger partial charge on any atom is 0.381 e. The van der Waals surface area contributed by atoms with Crippen LogP contribution in [0.3, 0.4) is 0 Å². The van der Waals surface area contributed by atoms with Gasteiger partial charge in [0.15, 0.2) is 11.5 Å². The summed E-state index contributed by atoms with van der Waals surface area (Å²) in [5.41, 5.74) is 0.945. The minimum atomic E-state index is -2.15. The van der Waals surface area contributed by atoms with Crippen LogP contribution in [-0.4, -0.2) is 26.0 Å². The molecule has 0 aliphatic carbocycles.